The number of rotatable bonds is 6. The van der Waals surface area contributed by atoms with Gasteiger partial charge in [-0.1, -0.05) is 42.5 Å². The highest BCUT2D eigenvalue weighted by Gasteiger charge is 2.12. The van der Waals surface area contributed by atoms with Gasteiger partial charge in [-0.05, 0) is 29.7 Å². The predicted octanol–water partition coefficient (Wildman–Crippen LogP) is 2.27. The van der Waals surface area contributed by atoms with Gasteiger partial charge in [-0.25, -0.2) is 13.1 Å². The molecule has 0 amide bonds. The standard InChI is InChI=1S/C16H16N2O2S/c17-12-10-15-6-8-16(9-7-15)21(19,20)18-13-11-14-4-2-1-3-5-14/h1-9,18H,10-11,13H2. The van der Waals surface area contributed by atoms with Gasteiger partial charge in [0.1, 0.15) is 0 Å². The maximum atomic E-state index is 12.1. The molecule has 0 radical (unpaired) electrons. The maximum absolute atomic E-state index is 12.1. The SMILES string of the molecule is N#CCc1ccc(S(=O)(=O)NCCc2ccccc2)cc1. The summed E-state index contributed by atoms with van der Waals surface area (Å²) < 4.78 is 26.8. The van der Waals surface area contributed by atoms with Gasteiger partial charge in [0.2, 0.25) is 10.0 Å². The molecule has 0 spiro atoms. The van der Waals surface area contributed by atoms with Crippen LogP contribution >= 0.6 is 0 Å². The smallest absolute Gasteiger partial charge is 0.211 e. The highest BCUT2D eigenvalue weighted by Crippen LogP contribution is 2.11. The van der Waals surface area contributed by atoms with E-state index in [0.717, 1.165) is 11.1 Å². The van der Waals surface area contributed by atoms with E-state index in [2.05, 4.69) is 4.72 Å². The number of hydrogen-bond acceptors (Lipinski definition) is 3. The van der Waals surface area contributed by atoms with Gasteiger partial charge >= 0.3 is 0 Å². The Morgan fingerprint density at radius 3 is 2.24 bits per heavy atom. The average Bonchev–Trinajstić information content (AvgIpc) is 2.49. The van der Waals surface area contributed by atoms with Crippen molar-refractivity contribution < 1.29 is 8.42 Å². The van der Waals surface area contributed by atoms with Crippen molar-refractivity contribution >= 4 is 10.0 Å². The van der Waals surface area contributed by atoms with Gasteiger partial charge in [-0.3, -0.25) is 0 Å². The molecule has 4 nitrogen and oxygen atoms in total. The van der Waals surface area contributed by atoms with Crippen LogP contribution in [-0.2, 0) is 22.9 Å². The molecule has 0 bridgehead atoms. The minimum atomic E-state index is -3.50. The molecule has 0 saturated heterocycles. The largest absolute Gasteiger partial charge is 0.240 e. The normalized spacial score (nSPS) is 11.0. The van der Waals surface area contributed by atoms with Gasteiger partial charge in [0.15, 0.2) is 0 Å². The summed E-state index contributed by atoms with van der Waals surface area (Å²) >= 11 is 0. The summed E-state index contributed by atoms with van der Waals surface area (Å²) in [6.07, 6.45) is 0.925. The van der Waals surface area contributed by atoms with Gasteiger partial charge in [0.25, 0.3) is 0 Å². The molecule has 0 aliphatic carbocycles. The molecule has 5 heteroatoms. The monoisotopic (exact) mass is 300 g/mol. The van der Waals surface area contributed by atoms with Crippen molar-refractivity contribution in [1.29, 1.82) is 5.26 Å². The van der Waals surface area contributed by atoms with Gasteiger partial charge in [-0.15, -0.1) is 0 Å². The fourth-order valence-corrected chi connectivity index (χ4v) is 2.97. The summed E-state index contributed by atoms with van der Waals surface area (Å²) in [5.74, 6) is 0. The van der Waals surface area contributed by atoms with E-state index in [1.807, 2.05) is 36.4 Å². The van der Waals surface area contributed by atoms with E-state index in [1.165, 1.54) is 12.1 Å². The Hall–Kier alpha value is -2.16. The van der Waals surface area contributed by atoms with E-state index in [-0.39, 0.29) is 11.3 Å². The van der Waals surface area contributed by atoms with Crippen LogP contribution in [0.5, 0.6) is 0 Å². The third-order valence-corrected chi connectivity index (χ3v) is 4.54. The Morgan fingerprint density at radius 1 is 0.952 bits per heavy atom. The first-order chi connectivity index (χ1) is 10.1. The molecule has 0 aliphatic heterocycles. The molecule has 0 atom stereocenters. The summed E-state index contributed by atoms with van der Waals surface area (Å²) in [5, 5.41) is 8.59. The van der Waals surface area contributed by atoms with Crippen molar-refractivity contribution in [1.82, 2.24) is 4.72 Å². The van der Waals surface area contributed by atoms with Crippen LogP contribution in [0.15, 0.2) is 59.5 Å². The molecule has 1 N–H and O–H groups in total. The Kier molecular flexibility index (Phi) is 5.09. The molecule has 0 aliphatic rings. The lowest BCUT2D eigenvalue weighted by Gasteiger charge is -2.07. The Labute approximate surface area is 125 Å². The average molecular weight is 300 g/mol. The topological polar surface area (TPSA) is 70.0 Å². The number of hydrogen-bond donors (Lipinski definition) is 1. The number of sulfonamides is 1. The lowest BCUT2D eigenvalue weighted by Crippen LogP contribution is -2.26. The zero-order chi connectivity index (χ0) is 15.1. The van der Waals surface area contributed by atoms with Gasteiger partial charge < -0.3 is 0 Å². The highest BCUT2D eigenvalue weighted by atomic mass is 32.2. The second-order valence-electron chi connectivity index (χ2n) is 4.61. The first-order valence-electron chi connectivity index (χ1n) is 6.61. The van der Waals surface area contributed by atoms with Crippen molar-refractivity contribution in [2.24, 2.45) is 0 Å². The van der Waals surface area contributed by atoms with E-state index < -0.39 is 10.0 Å². The van der Waals surface area contributed by atoms with Crippen LogP contribution in [0.1, 0.15) is 11.1 Å². The summed E-state index contributed by atoms with van der Waals surface area (Å²) in [7, 11) is -3.50. The molecule has 0 heterocycles. The van der Waals surface area contributed by atoms with Crippen molar-refractivity contribution in [3.05, 3.63) is 65.7 Å². The summed E-state index contributed by atoms with van der Waals surface area (Å²) in [4.78, 5) is 0.220. The fraction of sp³-hybridized carbons (Fsp3) is 0.188. The molecule has 108 valence electrons. The summed E-state index contributed by atoms with van der Waals surface area (Å²) in [6.45, 7) is 0.353. The molecule has 2 rings (SSSR count). The third kappa shape index (κ3) is 4.42. The van der Waals surface area contributed by atoms with Crippen LogP contribution < -0.4 is 4.72 Å². The van der Waals surface area contributed by atoms with E-state index >= 15 is 0 Å². The van der Waals surface area contributed by atoms with E-state index in [1.54, 1.807) is 12.1 Å². The van der Waals surface area contributed by atoms with Gasteiger partial charge in [0, 0.05) is 6.54 Å². The zero-order valence-corrected chi connectivity index (χ0v) is 12.3. The zero-order valence-electron chi connectivity index (χ0n) is 11.5. The lowest BCUT2D eigenvalue weighted by atomic mass is 10.2. The maximum Gasteiger partial charge on any atom is 0.240 e. The summed E-state index contributed by atoms with van der Waals surface area (Å²) in [5.41, 5.74) is 1.89. The van der Waals surface area contributed by atoms with Crippen LogP contribution in [0.4, 0.5) is 0 Å². The van der Waals surface area contributed by atoms with Crippen molar-refractivity contribution in [3.8, 4) is 6.07 Å². The number of nitriles is 1. The first-order valence-corrected chi connectivity index (χ1v) is 8.09. The summed E-state index contributed by atoms with van der Waals surface area (Å²) in [6, 6.07) is 18.1. The molecule has 0 aromatic heterocycles. The number of nitrogens with one attached hydrogen (secondary N) is 1. The Bertz CT molecular complexity index is 717. The quantitative estimate of drug-likeness (QED) is 0.889. The molecule has 2 aromatic carbocycles. The molecular formula is C16H16N2O2S. The molecule has 21 heavy (non-hydrogen) atoms. The minimum absolute atomic E-state index is 0.220. The van der Waals surface area contributed by atoms with E-state index in [4.69, 9.17) is 5.26 Å². The molecule has 0 fully saturated rings. The lowest BCUT2D eigenvalue weighted by molar-refractivity contribution is 0.581. The third-order valence-electron chi connectivity index (χ3n) is 3.07. The van der Waals surface area contributed by atoms with E-state index in [0.29, 0.717) is 13.0 Å². The Morgan fingerprint density at radius 2 is 1.62 bits per heavy atom. The second-order valence-corrected chi connectivity index (χ2v) is 6.38. The second kappa shape index (κ2) is 7.02. The van der Waals surface area contributed by atoms with Crippen molar-refractivity contribution in [3.63, 3.8) is 0 Å². The molecule has 2 aromatic rings. The fourth-order valence-electron chi connectivity index (χ4n) is 1.94. The first kappa shape index (κ1) is 15.2. The Balaban J connectivity index is 1.97. The van der Waals surface area contributed by atoms with Crippen molar-refractivity contribution in [2.75, 3.05) is 6.54 Å². The van der Waals surface area contributed by atoms with Crippen LogP contribution in [-0.4, -0.2) is 15.0 Å². The molecular weight excluding hydrogens is 284 g/mol. The highest BCUT2D eigenvalue weighted by molar-refractivity contribution is 7.89. The predicted molar refractivity (Wildman–Crippen MR) is 81.1 cm³/mol. The number of nitrogens with zero attached hydrogens (tertiary/aromatic N) is 1. The van der Waals surface area contributed by atoms with Gasteiger partial charge in [0.05, 0.1) is 17.4 Å². The molecule has 0 saturated carbocycles. The van der Waals surface area contributed by atoms with Gasteiger partial charge in [-0.2, -0.15) is 5.26 Å². The van der Waals surface area contributed by atoms with Crippen LogP contribution in [0, 0.1) is 11.3 Å². The van der Waals surface area contributed by atoms with E-state index in [9.17, 15) is 8.42 Å². The van der Waals surface area contributed by atoms with Crippen LogP contribution in [0.25, 0.3) is 0 Å². The molecule has 0 unspecified atom stereocenters. The van der Waals surface area contributed by atoms with Crippen molar-refractivity contribution in [2.45, 2.75) is 17.7 Å². The van der Waals surface area contributed by atoms with Crippen LogP contribution in [0.2, 0.25) is 0 Å². The van der Waals surface area contributed by atoms with Crippen LogP contribution in [0.3, 0.4) is 0 Å². The minimum Gasteiger partial charge on any atom is -0.211 e. The number of benzene rings is 2.